The van der Waals surface area contributed by atoms with Crippen molar-refractivity contribution in [2.24, 2.45) is 11.8 Å². The number of nitrogens with zero attached hydrogens (tertiary/aromatic N) is 2. The van der Waals surface area contributed by atoms with Gasteiger partial charge in [-0.05, 0) is 30.5 Å². The highest BCUT2D eigenvalue weighted by Crippen LogP contribution is 2.44. The molecule has 26 heavy (non-hydrogen) atoms. The van der Waals surface area contributed by atoms with Crippen molar-refractivity contribution in [1.29, 1.82) is 0 Å². The second kappa shape index (κ2) is 7.18. The lowest BCUT2D eigenvalue weighted by atomic mass is 9.78. The van der Waals surface area contributed by atoms with E-state index in [-0.39, 0.29) is 18.1 Å². The van der Waals surface area contributed by atoms with Crippen LogP contribution in [0.2, 0.25) is 5.02 Å². The first kappa shape index (κ1) is 17.8. The van der Waals surface area contributed by atoms with E-state index in [0.717, 1.165) is 37.5 Å². The molecule has 3 aliphatic heterocycles. The van der Waals surface area contributed by atoms with E-state index in [9.17, 15) is 14.7 Å². The maximum atomic E-state index is 13.0. The molecule has 0 saturated carbocycles. The fourth-order valence-corrected chi connectivity index (χ4v) is 4.62. The van der Waals surface area contributed by atoms with Crippen molar-refractivity contribution in [1.82, 2.24) is 9.80 Å². The molecule has 0 spiro atoms. The highest BCUT2D eigenvalue weighted by molar-refractivity contribution is 6.30. The molecule has 1 aromatic carbocycles. The molecule has 0 unspecified atom stereocenters. The number of amides is 1. The number of carboxylic acid groups (broad SMARTS) is 1. The first-order chi connectivity index (χ1) is 12.5. The number of piperazine rings is 1. The summed E-state index contributed by atoms with van der Waals surface area (Å²) in [6.45, 7) is 3.66. The average molecular weight is 379 g/mol. The number of carbonyl (C=O) groups excluding carboxylic acids is 1. The Morgan fingerprint density at radius 3 is 2.27 bits per heavy atom. The van der Waals surface area contributed by atoms with Crippen molar-refractivity contribution in [3.63, 3.8) is 0 Å². The average Bonchev–Trinajstić information content (AvgIpc) is 3.25. The van der Waals surface area contributed by atoms with Gasteiger partial charge < -0.3 is 14.7 Å². The van der Waals surface area contributed by atoms with Crippen LogP contribution in [0.4, 0.5) is 0 Å². The predicted octanol–water partition coefficient (Wildman–Crippen LogP) is 1.86. The standard InChI is InChI=1S/C19H23ClN2O4/c20-13-3-1-12(2-4-13)11-21-7-9-22(10-8-21)18(23)16-14-5-6-15(26-14)17(16)19(24)25/h1-4,14-17H,5-11H2,(H,24,25)/t14-,15-,16-,17-/m1/s1. The van der Waals surface area contributed by atoms with E-state index in [1.54, 1.807) is 0 Å². The molecule has 4 atom stereocenters. The Bertz CT molecular complexity index is 687. The Morgan fingerprint density at radius 2 is 1.65 bits per heavy atom. The van der Waals surface area contributed by atoms with Crippen LogP contribution in [0.5, 0.6) is 0 Å². The van der Waals surface area contributed by atoms with Gasteiger partial charge in [0, 0.05) is 37.7 Å². The van der Waals surface area contributed by atoms with Gasteiger partial charge in [0.05, 0.1) is 24.0 Å². The molecular formula is C19H23ClN2O4. The summed E-state index contributed by atoms with van der Waals surface area (Å²) >= 11 is 5.92. The quantitative estimate of drug-likeness (QED) is 0.866. The van der Waals surface area contributed by atoms with Crippen LogP contribution in [0.15, 0.2) is 24.3 Å². The zero-order valence-electron chi connectivity index (χ0n) is 14.5. The van der Waals surface area contributed by atoms with E-state index in [1.165, 1.54) is 5.56 Å². The van der Waals surface area contributed by atoms with Gasteiger partial charge in [0.25, 0.3) is 0 Å². The number of benzene rings is 1. The van der Waals surface area contributed by atoms with E-state index in [1.807, 2.05) is 29.2 Å². The smallest absolute Gasteiger partial charge is 0.310 e. The molecule has 4 rings (SSSR count). The number of carbonyl (C=O) groups is 2. The highest BCUT2D eigenvalue weighted by atomic mass is 35.5. The largest absolute Gasteiger partial charge is 0.481 e. The van der Waals surface area contributed by atoms with E-state index in [0.29, 0.717) is 13.1 Å². The van der Waals surface area contributed by atoms with E-state index in [4.69, 9.17) is 16.3 Å². The molecule has 3 fully saturated rings. The van der Waals surface area contributed by atoms with Crippen LogP contribution in [-0.2, 0) is 20.9 Å². The molecule has 0 radical (unpaired) electrons. The Hall–Kier alpha value is -1.63. The van der Waals surface area contributed by atoms with Crippen LogP contribution < -0.4 is 0 Å². The highest BCUT2D eigenvalue weighted by Gasteiger charge is 2.56. The summed E-state index contributed by atoms with van der Waals surface area (Å²) in [5, 5.41) is 10.2. The third-order valence-corrected chi connectivity index (χ3v) is 6.10. The number of ether oxygens (including phenoxy) is 1. The van der Waals surface area contributed by atoms with E-state index in [2.05, 4.69) is 4.90 Å². The molecule has 7 heteroatoms. The van der Waals surface area contributed by atoms with Gasteiger partial charge in [0.2, 0.25) is 5.91 Å². The third-order valence-electron chi connectivity index (χ3n) is 5.85. The fraction of sp³-hybridized carbons (Fsp3) is 0.579. The molecule has 2 bridgehead atoms. The summed E-state index contributed by atoms with van der Waals surface area (Å²) in [5.41, 5.74) is 1.20. The lowest BCUT2D eigenvalue weighted by molar-refractivity contribution is -0.151. The maximum absolute atomic E-state index is 13.0. The first-order valence-corrected chi connectivity index (χ1v) is 9.54. The number of fused-ring (bicyclic) bond motifs is 2. The van der Waals surface area contributed by atoms with Crippen LogP contribution in [0, 0.1) is 11.8 Å². The zero-order valence-corrected chi connectivity index (χ0v) is 15.3. The van der Waals surface area contributed by atoms with Gasteiger partial charge in [-0.2, -0.15) is 0 Å². The number of aliphatic carboxylic acids is 1. The molecule has 140 valence electrons. The lowest BCUT2D eigenvalue weighted by Crippen LogP contribution is -2.53. The summed E-state index contributed by atoms with van der Waals surface area (Å²) in [7, 11) is 0. The van der Waals surface area contributed by atoms with Crippen molar-refractivity contribution in [2.75, 3.05) is 26.2 Å². The number of rotatable bonds is 4. The molecule has 6 nitrogen and oxygen atoms in total. The summed E-state index contributed by atoms with van der Waals surface area (Å²) in [5.74, 6) is -2.16. The first-order valence-electron chi connectivity index (χ1n) is 9.17. The zero-order chi connectivity index (χ0) is 18.3. The third kappa shape index (κ3) is 3.33. The van der Waals surface area contributed by atoms with Crippen molar-refractivity contribution in [3.8, 4) is 0 Å². The minimum Gasteiger partial charge on any atom is -0.481 e. The minimum atomic E-state index is -0.906. The summed E-state index contributed by atoms with van der Waals surface area (Å²) in [4.78, 5) is 28.7. The molecule has 1 N–H and O–H groups in total. The molecule has 0 aromatic heterocycles. The Labute approximate surface area is 157 Å². The van der Waals surface area contributed by atoms with Crippen LogP contribution in [0.25, 0.3) is 0 Å². The van der Waals surface area contributed by atoms with Crippen molar-refractivity contribution >= 4 is 23.5 Å². The van der Waals surface area contributed by atoms with Gasteiger partial charge in [0.1, 0.15) is 0 Å². The predicted molar refractivity (Wildman–Crippen MR) is 95.8 cm³/mol. The second-order valence-electron chi connectivity index (χ2n) is 7.41. The molecule has 3 saturated heterocycles. The Morgan fingerprint density at radius 1 is 1.04 bits per heavy atom. The monoisotopic (exact) mass is 378 g/mol. The molecule has 1 amide bonds. The minimum absolute atomic E-state index is 0.0456. The molecule has 3 aliphatic rings. The summed E-state index contributed by atoms with van der Waals surface area (Å²) < 4.78 is 5.73. The van der Waals surface area contributed by atoms with Gasteiger partial charge >= 0.3 is 5.97 Å². The van der Waals surface area contributed by atoms with Crippen molar-refractivity contribution in [3.05, 3.63) is 34.9 Å². The van der Waals surface area contributed by atoms with Crippen LogP contribution in [0.1, 0.15) is 18.4 Å². The topological polar surface area (TPSA) is 70.1 Å². The van der Waals surface area contributed by atoms with Crippen LogP contribution in [0.3, 0.4) is 0 Å². The Kier molecular flexibility index (Phi) is 4.90. The fourth-order valence-electron chi connectivity index (χ4n) is 4.49. The summed E-state index contributed by atoms with van der Waals surface area (Å²) in [6.07, 6.45) is 1.03. The van der Waals surface area contributed by atoms with Crippen molar-refractivity contribution < 1.29 is 19.4 Å². The SMILES string of the molecule is O=C(O)[C@H]1[C@H](C(=O)N2CCN(Cc3ccc(Cl)cc3)CC2)[C@H]2CC[C@H]1O2. The van der Waals surface area contributed by atoms with Crippen molar-refractivity contribution in [2.45, 2.75) is 31.6 Å². The van der Waals surface area contributed by atoms with E-state index < -0.39 is 17.8 Å². The molecule has 3 heterocycles. The van der Waals surface area contributed by atoms with Gasteiger partial charge in [-0.15, -0.1) is 0 Å². The number of hydrogen-bond acceptors (Lipinski definition) is 4. The van der Waals surface area contributed by atoms with Gasteiger partial charge in [0.15, 0.2) is 0 Å². The van der Waals surface area contributed by atoms with Gasteiger partial charge in [-0.25, -0.2) is 0 Å². The van der Waals surface area contributed by atoms with E-state index >= 15 is 0 Å². The molecule has 0 aliphatic carbocycles. The van der Waals surface area contributed by atoms with Gasteiger partial charge in [-0.3, -0.25) is 14.5 Å². The van der Waals surface area contributed by atoms with Crippen LogP contribution >= 0.6 is 11.6 Å². The number of halogens is 1. The normalized spacial score (nSPS) is 31.3. The number of hydrogen-bond donors (Lipinski definition) is 1. The number of carboxylic acids is 1. The molecular weight excluding hydrogens is 356 g/mol. The molecule has 1 aromatic rings. The second-order valence-corrected chi connectivity index (χ2v) is 7.84. The van der Waals surface area contributed by atoms with Gasteiger partial charge in [-0.1, -0.05) is 23.7 Å². The Balaban J connectivity index is 1.35. The lowest BCUT2D eigenvalue weighted by Gasteiger charge is -2.37. The summed E-state index contributed by atoms with van der Waals surface area (Å²) in [6, 6.07) is 7.81. The maximum Gasteiger partial charge on any atom is 0.310 e. The van der Waals surface area contributed by atoms with Crippen LogP contribution in [-0.4, -0.2) is 65.2 Å².